The van der Waals surface area contributed by atoms with Gasteiger partial charge in [0.2, 0.25) is 0 Å². The third-order valence-electron chi connectivity index (χ3n) is 2.11. The number of ether oxygens (including phenoxy) is 1. The molecule has 5 heteroatoms. The van der Waals surface area contributed by atoms with Crippen LogP contribution in [0.3, 0.4) is 0 Å². The van der Waals surface area contributed by atoms with E-state index in [1.165, 1.54) is 12.8 Å². The summed E-state index contributed by atoms with van der Waals surface area (Å²) in [6, 6.07) is 4.94. The maximum absolute atomic E-state index is 10.7. The molecule has 0 aliphatic carbocycles. The lowest BCUT2D eigenvalue weighted by Gasteiger charge is -2.00. The molecule has 0 aromatic heterocycles. The summed E-state index contributed by atoms with van der Waals surface area (Å²) in [6.45, 7) is 2.00. The van der Waals surface area contributed by atoms with Crippen LogP contribution in [0.15, 0.2) is 22.7 Å². The van der Waals surface area contributed by atoms with Crippen molar-refractivity contribution in [2.24, 2.45) is 5.73 Å². The van der Waals surface area contributed by atoms with E-state index in [0.717, 1.165) is 17.7 Å². The summed E-state index contributed by atoms with van der Waals surface area (Å²) < 4.78 is 5.78. The Hall–Kier alpha value is -1.07. The molecule has 4 N–H and O–H groups in total. The molecule has 0 spiro atoms. The van der Waals surface area contributed by atoms with Crippen molar-refractivity contribution >= 4 is 27.5 Å². The van der Waals surface area contributed by atoms with Gasteiger partial charge in [0.1, 0.15) is 0 Å². The Kier molecular flexibility index (Phi) is 5.28. The molecule has 2 rings (SSSR count). The average Bonchev–Trinajstić information content (AvgIpc) is 2.74. The van der Waals surface area contributed by atoms with Crippen LogP contribution in [-0.2, 0) is 4.74 Å². The van der Waals surface area contributed by atoms with E-state index in [2.05, 4.69) is 15.9 Å². The van der Waals surface area contributed by atoms with Gasteiger partial charge >= 0.3 is 0 Å². The molecule has 1 saturated heterocycles. The molecule has 0 unspecified atom stereocenters. The first-order valence-corrected chi connectivity index (χ1v) is 5.83. The zero-order valence-electron chi connectivity index (χ0n) is 8.91. The van der Waals surface area contributed by atoms with Gasteiger partial charge in [-0.05, 0) is 31.0 Å². The average molecular weight is 287 g/mol. The van der Waals surface area contributed by atoms with Gasteiger partial charge in [-0.25, -0.2) is 0 Å². The van der Waals surface area contributed by atoms with Crippen LogP contribution in [-0.4, -0.2) is 19.1 Å². The highest BCUT2D eigenvalue weighted by molar-refractivity contribution is 9.10. The maximum Gasteiger partial charge on any atom is 0.250 e. The molecule has 0 bridgehead atoms. The monoisotopic (exact) mass is 286 g/mol. The fourth-order valence-corrected chi connectivity index (χ4v) is 1.65. The lowest BCUT2D eigenvalue weighted by atomic mass is 10.2. The highest BCUT2D eigenvalue weighted by atomic mass is 79.9. The van der Waals surface area contributed by atoms with Crippen LogP contribution >= 0.6 is 15.9 Å². The number of halogens is 1. The molecular formula is C11H15BrN2O2. The van der Waals surface area contributed by atoms with Gasteiger partial charge in [0.05, 0.1) is 5.56 Å². The van der Waals surface area contributed by atoms with E-state index >= 15 is 0 Å². The van der Waals surface area contributed by atoms with E-state index in [9.17, 15) is 4.79 Å². The number of carbonyl (C=O) groups is 1. The molecule has 0 radical (unpaired) electrons. The number of hydrogen-bond acceptors (Lipinski definition) is 3. The van der Waals surface area contributed by atoms with Crippen LogP contribution in [0, 0.1) is 0 Å². The molecule has 16 heavy (non-hydrogen) atoms. The van der Waals surface area contributed by atoms with E-state index in [4.69, 9.17) is 16.2 Å². The minimum Gasteiger partial charge on any atom is -0.398 e. The SMILES string of the molecule is C1CCOC1.NC(=O)c1ccc(Br)cc1N. The highest BCUT2D eigenvalue weighted by Crippen LogP contribution is 2.17. The summed E-state index contributed by atoms with van der Waals surface area (Å²) in [5.41, 5.74) is 11.3. The minimum atomic E-state index is -0.505. The summed E-state index contributed by atoms with van der Waals surface area (Å²) in [5.74, 6) is -0.505. The van der Waals surface area contributed by atoms with Crippen LogP contribution in [0.4, 0.5) is 5.69 Å². The second-order valence-electron chi connectivity index (χ2n) is 3.42. The fourth-order valence-electron chi connectivity index (χ4n) is 1.27. The number of nitrogen functional groups attached to an aromatic ring is 1. The number of amides is 1. The van der Waals surface area contributed by atoms with Gasteiger partial charge in [0.15, 0.2) is 0 Å². The molecule has 1 aliphatic rings. The van der Waals surface area contributed by atoms with E-state index in [1.54, 1.807) is 18.2 Å². The topological polar surface area (TPSA) is 78.3 Å². The zero-order chi connectivity index (χ0) is 12.0. The van der Waals surface area contributed by atoms with Crippen molar-refractivity contribution in [3.63, 3.8) is 0 Å². The van der Waals surface area contributed by atoms with Crippen molar-refractivity contribution in [3.8, 4) is 0 Å². The molecule has 0 saturated carbocycles. The van der Waals surface area contributed by atoms with Crippen molar-refractivity contribution in [3.05, 3.63) is 28.2 Å². The smallest absolute Gasteiger partial charge is 0.250 e. The van der Waals surface area contributed by atoms with Crippen LogP contribution in [0.5, 0.6) is 0 Å². The lowest BCUT2D eigenvalue weighted by molar-refractivity contribution is 0.100. The zero-order valence-corrected chi connectivity index (χ0v) is 10.5. The van der Waals surface area contributed by atoms with Gasteiger partial charge < -0.3 is 16.2 Å². The molecule has 1 aliphatic heterocycles. The minimum absolute atomic E-state index is 0.355. The highest BCUT2D eigenvalue weighted by Gasteiger charge is 2.04. The maximum atomic E-state index is 10.7. The standard InChI is InChI=1S/C7H7BrN2O.C4H8O/c8-4-1-2-5(7(10)11)6(9)3-4;1-2-4-5-3-1/h1-3H,9H2,(H2,10,11);1-4H2. The third kappa shape index (κ3) is 4.20. The van der Waals surface area contributed by atoms with Crippen molar-refractivity contribution in [1.29, 1.82) is 0 Å². The Morgan fingerprint density at radius 2 is 1.94 bits per heavy atom. The van der Waals surface area contributed by atoms with Crippen molar-refractivity contribution in [2.75, 3.05) is 18.9 Å². The van der Waals surface area contributed by atoms with Gasteiger partial charge in [-0.3, -0.25) is 4.79 Å². The summed E-state index contributed by atoms with van der Waals surface area (Å²) >= 11 is 3.21. The number of anilines is 1. The number of nitrogens with two attached hydrogens (primary N) is 2. The van der Waals surface area contributed by atoms with Crippen LogP contribution < -0.4 is 11.5 Å². The molecule has 1 aromatic carbocycles. The van der Waals surface area contributed by atoms with Gasteiger partial charge in [-0.2, -0.15) is 0 Å². The molecule has 4 nitrogen and oxygen atoms in total. The van der Waals surface area contributed by atoms with E-state index in [1.807, 2.05) is 0 Å². The second kappa shape index (κ2) is 6.50. The summed E-state index contributed by atoms with van der Waals surface area (Å²) in [4.78, 5) is 10.7. The van der Waals surface area contributed by atoms with E-state index in [0.29, 0.717) is 11.3 Å². The summed E-state index contributed by atoms with van der Waals surface area (Å²) in [7, 11) is 0. The van der Waals surface area contributed by atoms with Crippen molar-refractivity contribution in [2.45, 2.75) is 12.8 Å². The fraction of sp³-hybridized carbons (Fsp3) is 0.364. The summed E-state index contributed by atoms with van der Waals surface area (Å²) in [6.07, 6.45) is 2.56. The van der Waals surface area contributed by atoms with Crippen LogP contribution in [0.1, 0.15) is 23.2 Å². The Morgan fingerprint density at radius 3 is 2.31 bits per heavy atom. The second-order valence-corrected chi connectivity index (χ2v) is 4.33. The van der Waals surface area contributed by atoms with Crippen molar-refractivity contribution in [1.82, 2.24) is 0 Å². The first-order valence-electron chi connectivity index (χ1n) is 5.04. The predicted octanol–water partition coefficient (Wildman–Crippen LogP) is 1.93. The Bertz CT molecular complexity index is 357. The van der Waals surface area contributed by atoms with E-state index in [-0.39, 0.29) is 0 Å². The Morgan fingerprint density at radius 1 is 1.31 bits per heavy atom. The summed E-state index contributed by atoms with van der Waals surface area (Å²) in [5, 5.41) is 0. The van der Waals surface area contributed by atoms with Crippen LogP contribution in [0.25, 0.3) is 0 Å². The van der Waals surface area contributed by atoms with Gasteiger partial charge in [0.25, 0.3) is 5.91 Å². The van der Waals surface area contributed by atoms with Gasteiger partial charge in [-0.15, -0.1) is 0 Å². The molecule has 0 atom stereocenters. The number of primary amides is 1. The van der Waals surface area contributed by atoms with Crippen LogP contribution in [0.2, 0.25) is 0 Å². The largest absolute Gasteiger partial charge is 0.398 e. The quantitative estimate of drug-likeness (QED) is 0.775. The molecule has 1 amide bonds. The first kappa shape index (κ1) is 13.0. The molecular weight excluding hydrogens is 272 g/mol. The molecule has 1 heterocycles. The predicted molar refractivity (Wildman–Crippen MR) is 67.1 cm³/mol. The number of hydrogen-bond donors (Lipinski definition) is 2. The molecule has 1 aromatic rings. The van der Waals surface area contributed by atoms with E-state index < -0.39 is 5.91 Å². The molecule has 1 fully saturated rings. The number of carbonyl (C=O) groups excluding carboxylic acids is 1. The molecule has 88 valence electrons. The Balaban J connectivity index is 0.000000212. The lowest BCUT2D eigenvalue weighted by Crippen LogP contribution is -2.13. The van der Waals surface area contributed by atoms with Crippen molar-refractivity contribution < 1.29 is 9.53 Å². The number of rotatable bonds is 1. The Labute approximate surface area is 103 Å². The normalized spacial score (nSPS) is 14.1. The van der Waals surface area contributed by atoms with Gasteiger partial charge in [0, 0.05) is 23.4 Å². The first-order chi connectivity index (χ1) is 7.61. The number of benzene rings is 1. The third-order valence-corrected chi connectivity index (χ3v) is 2.60. The van der Waals surface area contributed by atoms with Gasteiger partial charge in [-0.1, -0.05) is 15.9 Å².